The average molecular weight is 389 g/mol. The highest BCUT2D eigenvalue weighted by Crippen LogP contribution is 2.25. The molecule has 1 amide bonds. The topological polar surface area (TPSA) is 75.3 Å². The Labute approximate surface area is 128 Å². The minimum atomic E-state index is -0.310. The largest absolute Gasteiger partial charge is 0.508 e. The molecule has 0 aliphatic rings. The molecule has 0 fully saturated rings. The number of halogens is 2. The van der Waals surface area contributed by atoms with Crippen LogP contribution in [0.3, 0.4) is 0 Å². The number of phenols is 1. The number of hydrogen-bond acceptors (Lipinski definition) is 3. The second-order valence-corrected chi connectivity index (χ2v) is 5.42. The molecule has 6 heteroatoms. The Morgan fingerprint density at radius 2 is 2.00 bits per heavy atom. The summed E-state index contributed by atoms with van der Waals surface area (Å²) in [5.74, 6) is -0.261. The van der Waals surface area contributed by atoms with Crippen molar-refractivity contribution in [1.29, 1.82) is 0 Å². The third-order valence-corrected chi connectivity index (χ3v) is 4.04. The van der Waals surface area contributed by atoms with Gasteiger partial charge in [0.15, 0.2) is 0 Å². The predicted molar refractivity (Wildman–Crippen MR) is 84.6 cm³/mol. The maximum Gasteiger partial charge on any atom is 0.255 e. The van der Waals surface area contributed by atoms with Gasteiger partial charge in [-0.1, -0.05) is 11.6 Å². The van der Waals surface area contributed by atoms with E-state index in [4.69, 9.17) is 17.3 Å². The number of phenolic OH excluding ortho intramolecular Hbond substituents is 1. The van der Waals surface area contributed by atoms with E-state index in [-0.39, 0.29) is 11.7 Å². The molecule has 2 aromatic carbocycles. The summed E-state index contributed by atoms with van der Waals surface area (Å²) in [4.78, 5) is 12.0. The molecule has 2 rings (SSSR count). The SMILES string of the molecule is Nc1cc(O)ccc1NC(=O)c1ccc(I)c(Cl)c1. The van der Waals surface area contributed by atoms with Crippen LogP contribution in [0.2, 0.25) is 5.02 Å². The third-order valence-electron chi connectivity index (χ3n) is 2.47. The lowest BCUT2D eigenvalue weighted by Crippen LogP contribution is -2.13. The van der Waals surface area contributed by atoms with Crippen LogP contribution in [-0.4, -0.2) is 11.0 Å². The van der Waals surface area contributed by atoms with Crippen LogP contribution in [-0.2, 0) is 0 Å². The van der Waals surface area contributed by atoms with E-state index in [1.165, 1.54) is 18.2 Å². The molecule has 0 aliphatic heterocycles. The van der Waals surface area contributed by atoms with Gasteiger partial charge in [-0.2, -0.15) is 0 Å². The Bertz CT molecular complexity index is 647. The van der Waals surface area contributed by atoms with Crippen molar-refractivity contribution < 1.29 is 9.90 Å². The van der Waals surface area contributed by atoms with Crippen LogP contribution >= 0.6 is 34.2 Å². The summed E-state index contributed by atoms with van der Waals surface area (Å²) < 4.78 is 0.875. The van der Waals surface area contributed by atoms with Gasteiger partial charge < -0.3 is 16.2 Å². The summed E-state index contributed by atoms with van der Waals surface area (Å²) >= 11 is 8.05. The normalized spacial score (nSPS) is 10.2. The van der Waals surface area contributed by atoms with Gasteiger partial charge in [0.25, 0.3) is 5.91 Å². The Kier molecular flexibility index (Phi) is 4.16. The van der Waals surface area contributed by atoms with Crippen LogP contribution in [0.4, 0.5) is 11.4 Å². The van der Waals surface area contributed by atoms with E-state index in [1.54, 1.807) is 18.2 Å². The molecule has 19 heavy (non-hydrogen) atoms. The quantitative estimate of drug-likeness (QED) is 0.419. The predicted octanol–water partition coefficient (Wildman–Crippen LogP) is 3.48. The standard InChI is InChI=1S/C13H10ClIN2O2/c14-9-5-7(1-3-10(9)15)13(19)17-12-4-2-8(18)6-11(12)16/h1-6,18H,16H2,(H,17,19). The van der Waals surface area contributed by atoms with Gasteiger partial charge in [-0.25, -0.2) is 0 Å². The van der Waals surface area contributed by atoms with E-state index >= 15 is 0 Å². The number of nitrogens with two attached hydrogens (primary N) is 1. The zero-order valence-electron chi connectivity index (χ0n) is 9.65. The van der Waals surface area contributed by atoms with Crippen molar-refractivity contribution in [2.75, 3.05) is 11.1 Å². The number of anilines is 2. The van der Waals surface area contributed by atoms with Crippen LogP contribution < -0.4 is 11.1 Å². The van der Waals surface area contributed by atoms with E-state index in [1.807, 2.05) is 0 Å². The molecule has 0 saturated carbocycles. The average Bonchev–Trinajstić information content (AvgIpc) is 2.36. The number of aromatic hydroxyl groups is 1. The lowest BCUT2D eigenvalue weighted by atomic mass is 10.2. The van der Waals surface area contributed by atoms with Gasteiger partial charge >= 0.3 is 0 Å². The van der Waals surface area contributed by atoms with E-state index in [9.17, 15) is 9.90 Å². The van der Waals surface area contributed by atoms with Crippen molar-refractivity contribution in [3.05, 3.63) is 50.6 Å². The number of benzene rings is 2. The van der Waals surface area contributed by atoms with Crippen LogP contribution in [0, 0.1) is 3.57 Å². The molecule has 98 valence electrons. The van der Waals surface area contributed by atoms with Crippen molar-refractivity contribution >= 4 is 51.5 Å². The smallest absolute Gasteiger partial charge is 0.255 e. The van der Waals surface area contributed by atoms with Crippen molar-refractivity contribution in [2.24, 2.45) is 0 Å². The van der Waals surface area contributed by atoms with Gasteiger partial charge in [0, 0.05) is 15.2 Å². The fourth-order valence-electron chi connectivity index (χ4n) is 1.50. The minimum Gasteiger partial charge on any atom is -0.508 e. The van der Waals surface area contributed by atoms with E-state index in [2.05, 4.69) is 27.9 Å². The number of nitrogen functional groups attached to an aromatic ring is 1. The molecule has 0 saturated heterocycles. The number of carbonyl (C=O) groups excluding carboxylic acids is 1. The highest BCUT2D eigenvalue weighted by atomic mass is 127. The van der Waals surface area contributed by atoms with Crippen molar-refractivity contribution in [3.63, 3.8) is 0 Å². The molecule has 0 unspecified atom stereocenters. The molecular formula is C13H10ClIN2O2. The second kappa shape index (κ2) is 5.66. The molecule has 0 spiro atoms. The first-order chi connectivity index (χ1) is 8.97. The zero-order valence-corrected chi connectivity index (χ0v) is 12.6. The van der Waals surface area contributed by atoms with E-state index in [0.717, 1.165) is 3.57 Å². The zero-order chi connectivity index (χ0) is 14.0. The molecular weight excluding hydrogens is 379 g/mol. The molecule has 0 aromatic heterocycles. The molecule has 0 heterocycles. The fraction of sp³-hybridized carbons (Fsp3) is 0. The number of hydrogen-bond donors (Lipinski definition) is 3. The Hall–Kier alpha value is -1.47. The molecule has 0 radical (unpaired) electrons. The number of nitrogens with one attached hydrogen (secondary N) is 1. The maximum atomic E-state index is 12.0. The molecule has 4 nitrogen and oxygen atoms in total. The Morgan fingerprint density at radius 3 is 2.63 bits per heavy atom. The first kappa shape index (κ1) is 14.0. The summed E-state index contributed by atoms with van der Waals surface area (Å²) in [5, 5.41) is 12.4. The number of carbonyl (C=O) groups is 1. The minimum absolute atomic E-state index is 0.0489. The molecule has 0 atom stereocenters. The Morgan fingerprint density at radius 1 is 1.26 bits per heavy atom. The summed E-state index contributed by atoms with van der Waals surface area (Å²) in [6, 6.07) is 9.40. The van der Waals surface area contributed by atoms with Crippen LogP contribution in [0.25, 0.3) is 0 Å². The monoisotopic (exact) mass is 388 g/mol. The summed E-state index contributed by atoms with van der Waals surface area (Å²) in [7, 11) is 0. The van der Waals surface area contributed by atoms with Gasteiger partial charge in [0.2, 0.25) is 0 Å². The lowest BCUT2D eigenvalue weighted by Gasteiger charge is -2.09. The van der Waals surface area contributed by atoms with Crippen LogP contribution in [0.1, 0.15) is 10.4 Å². The highest BCUT2D eigenvalue weighted by Gasteiger charge is 2.10. The first-order valence-electron chi connectivity index (χ1n) is 5.32. The van der Waals surface area contributed by atoms with Crippen LogP contribution in [0.15, 0.2) is 36.4 Å². The van der Waals surface area contributed by atoms with Crippen molar-refractivity contribution in [3.8, 4) is 5.75 Å². The van der Waals surface area contributed by atoms with Crippen molar-refractivity contribution in [2.45, 2.75) is 0 Å². The molecule has 2 aromatic rings. The van der Waals surface area contributed by atoms with Gasteiger partial charge in [0.05, 0.1) is 16.4 Å². The fourth-order valence-corrected chi connectivity index (χ4v) is 2.01. The van der Waals surface area contributed by atoms with E-state index < -0.39 is 0 Å². The molecule has 4 N–H and O–H groups in total. The molecule has 0 aliphatic carbocycles. The molecule has 0 bridgehead atoms. The lowest BCUT2D eigenvalue weighted by molar-refractivity contribution is 0.102. The van der Waals surface area contributed by atoms with E-state index in [0.29, 0.717) is 22.0 Å². The summed E-state index contributed by atoms with van der Waals surface area (Å²) in [6.45, 7) is 0. The van der Waals surface area contributed by atoms with Gasteiger partial charge in [-0.15, -0.1) is 0 Å². The Balaban J connectivity index is 2.23. The second-order valence-electron chi connectivity index (χ2n) is 3.85. The van der Waals surface area contributed by atoms with Crippen molar-refractivity contribution in [1.82, 2.24) is 0 Å². The van der Waals surface area contributed by atoms with Gasteiger partial charge in [-0.05, 0) is 52.9 Å². The van der Waals surface area contributed by atoms with Crippen LogP contribution in [0.5, 0.6) is 5.75 Å². The maximum absolute atomic E-state index is 12.0. The third kappa shape index (κ3) is 3.30. The highest BCUT2D eigenvalue weighted by molar-refractivity contribution is 14.1. The van der Waals surface area contributed by atoms with Gasteiger partial charge in [-0.3, -0.25) is 4.79 Å². The summed E-state index contributed by atoms with van der Waals surface area (Å²) in [6.07, 6.45) is 0. The first-order valence-corrected chi connectivity index (χ1v) is 6.78. The summed E-state index contributed by atoms with van der Waals surface area (Å²) in [5.41, 5.74) is 6.88. The number of amides is 1. The van der Waals surface area contributed by atoms with Gasteiger partial charge in [0.1, 0.15) is 5.75 Å². The number of rotatable bonds is 2.